The van der Waals surface area contributed by atoms with Gasteiger partial charge in [0.2, 0.25) is 5.43 Å². The quantitative estimate of drug-likeness (QED) is 0.0810. The van der Waals surface area contributed by atoms with Crippen molar-refractivity contribution >= 4 is 10.9 Å². The van der Waals surface area contributed by atoms with Crippen molar-refractivity contribution in [1.29, 1.82) is 0 Å². The van der Waals surface area contributed by atoms with Crippen molar-refractivity contribution in [1.82, 2.24) is 4.57 Å². The van der Waals surface area contributed by atoms with Gasteiger partial charge in [0.25, 0.3) is 0 Å². The molecule has 1 heterocycles. The maximum absolute atomic E-state index is 13.9. The lowest BCUT2D eigenvalue weighted by Crippen LogP contribution is -2.17. The van der Waals surface area contributed by atoms with Crippen LogP contribution in [-0.2, 0) is 6.54 Å². The molecule has 2 aromatic carbocycles. The third kappa shape index (κ3) is 12.1. The fraction of sp³-hybridized carbons (Fsp3) is 0.634. The Labute approximate surface area is 285 Å². The van der Waals surface area contributed by atoms with Gasteiger partial charge in [0.05, 0.1) is 37.6 Å². The van der Waals surface area contributed by atoms with Crippen molar-refractivity contribution in [3.05, 3.63) is 46.6 Å². The second-order valence-corrected chi connectivity index (χ2v) is 12.5. The van der Waals surface area contributed by atoms with Gasteiger partial charge in [0, 0.05) is 23.6 Å². The molecule has 0 saturated heterocycles. The molecule has 0 amide bonds. The number of aromatic nitrogens is 1. The van der Waals surface area contributed by atoms with Crippen LogP contribution in [0, 0.1) is 0 Å². The van der Waals surface area contributed by atoms with E-state index in [1.165, 1.54) is 89.9 Å². The Hall–Kier alpha value is -3.15. The molecule has 0 unspecified atom stereocenters. The molecule has 0 spiro atoms. The van der Waals surface area contributed by atoms with E-state index in [4.69, 9.17) is 18.9 Å². The predicted octanol–water partition coefficient (Wildman–Crippen LogP) is 11.5. The van der Waals surface area contributed by atoms with Crippen molar-refractivity contribution in [2.75, 3.05) is 26.4 Å². The Morgan fingerprint density at radius 1 is 0.532 bits per heavy atom. The Bertz CT molecular complexity index is 1360. The van der Waals surface area contributed by atoms with Crippen LogP contribution in [0.5, 0.6) is 23.0 Å². The molecule has 3 aromatic rings. The minimum Gasteiger partial charge on any atom is -0.494 e. The third-order valence-electron chi connectivity index (χ3n) is 8.85. The summed E-state index contributed by atoms with van der Waals surface area (Å²) in [7, 11) is 0. The van der Waals surface area contributed by atoms with Crippen LogP contribution in [-0.4, -0.2) is 31.0 Å². The van der Waals surface area contributed by atoms with Crippen LogP contribution < -0.4 is 24.4 Å². The number of hydrogen-bond acceptors (Lipinski definition) is 5. The first kappa shape index (κ1) is 38.3. The second-order valence-electron chi connectivity index (χ2n) is 12.5. The topological polar surface area (TPSA) is 58.9 Å². The van der Waals surface area contributed by atoms with E-state index in [2.05, 4.69) is 11.5 Å². The highest BCUT2D eigenvalue weighted by Gasteiger charge is 2.22. The molecule has 0 aliphatic carbocycles. The van der Waals surface area contributed by atoms with Crippen molar-refractivity contribution < 1.29 is 18.9 Å². The van der Waals surface area contributed by atoms with Crippen molar-refractivity contribution in [2.45, 2.75) is 144 Å². The molecule has 0 aliphatic heterocycles. The van der Waals surface area contributed by atoms with E-state index in [0.717, 1.165) is 41.9 Å². The fourth-order valence-electron chi connectivity index (χ4n) is 6.47. The van der Waals surface area contributed by atoms with Crippen LogP contribution in [0.3, 0.4) is 0 Å². The molecule has 47 heavy (non-hydrogen) atoms. The molecular weight excluding hydrogens is 586 g/mol. The van der Waals surface area contributed by atoms with Crippen LogP contribution in [0.1, 0.15) is 137 Å². The number of benzene rings is 2. The van der Waals surface area contributed by atoms with Crippen LogP contribution in [0.4, 0.5) is 0 Å². The lowest BCUT2D eigenvalue weighted by atomic mass is 10.0. The summed E-state index contributed by atoms with van der Waals surface area (Å²) in [6.07, 6.45) is 21.3. The molecule has 262 valence electrons. The Kier molecular flexibility index (Phi) is 18.3. The van der Waals surface area contributed by atoms with E-state index >= 15 is 0 Å². The standard InChI is InChI=1S/C41H63NO5/c1-6-11-12-13-14-15-16-17-18-19-20-21-22-23-24-25-30-42-36-32-34(44-7-2)27-28-35(36)40(43)41(47-10-5)39(42)33-26-29-37(45-8-3)38(31-33)46-9-4/h26-29,31-32H,6-25,30H2,1-5H3. The summed E-state index contributed by atoms with van der Waals surface area (Å²) >= 11 is 0. The molecule has 0 fully saturated rings. The zero-order valence-electron chi connectivity index (χ0n) is 30.3. The highest BCUT2D eigenvalue weighted by molar-refractivity contribution is 5.87. The molecule has 0 aliphatic rings. The molecule has 0 saturated carbocycles. The van der Waals surface area contributed by atoms with Crippen LogP contribution >= 0.6 is 0 Å². The normalized spacial score (nSPS) is 11.3. The summed E-state index contributed by atoms with van der Waals surface area (Å²) in [5.41, 5.74) is 2.42. The molecule has 0 atom stereocenters. The van der Waals surface area contributed by atoms with Gasteiger partial charge < -0.3 is 23.5 Å². The Morgan fingerprint density at radius 2 is 1.06 bits per heavy atom. The summed E-state index contributed by atoms with van der Waals surface area (Å²) < 4.78 is 26.1. The lowest BCUT2D eigenvalue weighted by Gasteiger charge is -2.22. The molecule has 0 N–H and O–H groups in total. The molecular formula is C41H63NO5. The van der Waals surface area contributed by atoms with Gasteiger partial charge in [-0.2, -0.15) is 0 Å². The number of nitrogens with zero attached hydrogens (tertiary/aromatic N) is 1. The second kappa shape index (κ2) is 22.4. The summed E-state index contributed by atoms with van der Waals surface area (Å²) in [4.78, 5) is 13.9. The van der Waals surface area contributed by atoms with Gasteiger partial charge in [-0.3, -0.25) is 4.79 Å². The monoisotopic (exact) mass is 649 g/mol. The highest BCUT2D eigenvalue weighted by Crippen LogP contribution is 2.38. The number of fused-ring (bicyclic) bond motifs is 1. The van der Waals surface area contributed by atoms with Gasteiger partial charge in [-0.25, -0.2) is 0 Å². The van der Waals surface area contributed by atoms with Crippen molar-refractivity contribution in [3.63, 3.8) is 0 Å². The van der Waals surface area contributed by atoms with Crippen LogP contribution in [0.25, 0.3) is 22.2 Å². The molecule has 3 rings (SSSR count). The van der Waals surface area contributed by atoms with Gasteiger partial charge in [-0.1, -0.05) is 103 Å². The zero-order valence-corrected chi connectivity index (χ0v) is 30.3. The maximum atomic E-state index is 13.9. The lowest BCUT2D eigenvalue weighted by molar-refractivity contribution is 0.288. The number of ether oxygens (including phenoxy) is 4. The Balaban J connectivity index is 1.70. The van der Waals surface area contributed by atoms with Gasteiger partial charge in [0.1, 0.15) is 5.75 Å². The van der Waals surface area contributed by atoms with Crippen molar-refractivity contribution in [2.24, 2.45) is 0 Å². The van der Waals surface area contributed by atoms with E-state index in [9.17, 15) is 4.79 Å². The highest BCUT2D eigenvalue weighted by atomic mass is 16.5. The summed E-state index contributed by atoms with van der Waals surface area (Å²) in [6, 6.07) is 11.7. The van der Waals surface area contributed by atoms with E-state index in [-0.39, 0.29) is 5.43 Å². The first-order valence-corrected chi connectivity index (χ1v) is 19.0. The van der Waals surface area contributed by atoms with Gasteiger partial charge in [0.15, 0.2) is 17.2 Å². The van der Waals surface area contributed by atoms with Gasteiger partial charge >= 0.3 is 0 Å². The summed E-state index contributed by atoms with van der Waals surface area (Å²) in [5.74, 6) is 2.50. The minimum absolute atomic E-state index is 0.102. The van der Waals surface area contributed by atoms with E-state index in [0.29, 0.717) is 49.1 Å². The largest absolute Gasteiger partial charge is 0.494 e. The summed E-state index contributed by atoms with van der Waals surface area (Å²) in [5, 5.41) is 0.646. The first-order chi connectivity index (χ1) is 23.1. The number of pyridine rings is 1. The fourth-order valence-corrected chi connectivity index (χ4v) is 6.47. The molecule has 6 nitrogen and oxygen atoms in total. The average Bonchev–Trinajstić information content (AvgIpc) is 3.07. The number of rotatable bonds is 26. The van der Waals surface area contributed by atoms with E-state index in [1.54, 1.807) is 0 Å². The van der Waals surface area contributed by atoms with Crippen LogP contribution in [0.15, 0.2) is 41.2 Å². The minimum atomic E-state index is -0.102. The first-order valence-electron chi connectivity index (χ1n) is 19.0. The zero-order chi connectivity index (χ0) is 33.7. The number of unbranched alkanes of at least 4 members (excludes halogenated alkanes) is 15. The average molecular weight is 650 g/mol. The Morgan fingerprint density at radius 3 is 1.62 bits per heavy atom. The van der Waals surface area contributed by atoms with Gasteiger partial charge in [-0.15, -0.1) is 0 Å². The summed E-state index contributed by atoms with van der Waals surface area (Å²) in [6.45, 7) is 12.9. The maximum Gasteiger partial charge on any atom is 0.231 e. The van der Waals surface area contributed by atoms with Crippen LogP contribution in [0.2, 0.25) is 0 Å². The van der Waals surface area contributed by atoms with E-state index < -0.39 is 0 Å². The smallest absolute Gasteiger partial charge is 0.231 e. The molecule has 0 radical (unpaired) electrons. The third-order valence-corrected chi connectivity index (χ3v) is 8.85. The number of aryl methyl sites for hydroxylation is 1. The van der Waals surface area contributed by atoms with Crippen molar-refractivity contribution in [3.8, 4) is 34.3 Å². The predicted molar refractivity (Wildman–Crippen MR) is 198 cm³/mol. The molecule has 1 aromatic heterocycles. The van der Waals surface area contributed by atoms with E-state index in [1.807, 2.05) is 64.1 Å². The molecule has 6 heteroatoms. The number of hydrogen-bond donors (Lipinski definition) is 0. The van der Waals surface area contributed by atoms with Gasteiger partial charge in [-0.05, 0) is 64.4 Å². The molecule has 0 bridgehead atoms. The SMILES string of the molecule is CCCCCCCCCCCCCCCCCCn1c(-c2ccc(OCC)c(OCC)c2)c(OCC)c(=O)c2ccc(OCC)cc21.